The van der Waals surface area contributed by atoms with E-state index in [2.05, 4.69) is 16.0 Å². The molecule has 3 rings (SSSR count). The number of pyridine rings is 2. The van der Waals surface area contributed by atoms with Crippen LogP contribution in [0.3, 0.4) is 0 Å². The predicted octanol–water partition coefficient (Wildman–Crippen LogP) is 1.21. The van der Waals surface area contributed by atoms with Gasteiger partial charge in [-0.15, -0.1) is 0 Å². The number of hydrogen-bond acceptors (Lipinski definition) is 3. The van der Waals surface area contributed by atoms with Crippen molar-refractivity contribution in [1.82, 2.24) is 9.97 Å². The van der Waals surface area contributed by atoms with Gasteiger partial charge in [0.25, 0.3) is 5.56 Å². The summed E-state index contributed by atoms with van der Waals surface area (Å²) in [5.74, 6) is -0.217. The first-order valence-electron chi connectivity index (χ1n) is 6.21. The summed E-state index contributed by atoms with van der Waals surface area (Å²) in [5, 5.41) is 7.47. The van der Waals surface area contributed by atoms with Crippen molar-refractivity contribution in [2.75, 3.05) is 0 Å². The van der Waals surface area contributed by atoms with Crippen LogP contribution < -0.4 is 11.3 Å². The normalized spacial score (nSPS) is 13.3. The van der Waals surface area contributed by atoms with Crippen LogP contribution in [-0.2, 0) is 12.8 Å². The van der Waals surface area contributed by atoms with E-state index in [-0.39, 0.29) is 17.0 Å². The molecule has 0 saturated heterocycles. The average molecular weight is 254 g/mol. The summed E-state index contributed by atoms with van der Waals surface area (Å²) < 4.78 is 0. The molecule has 4 N–H and O–H groups in total. The minimum atomic E-state index is -0.300. The summed E-state index contributed by atoms with van der Waals surface area (Å²) in [6, 6.07) is 5.66. The summed E-state index contributed by atoms with van der Waals surface area (Å²) >= 11 is 0. The third kappa shape index (κ3) is 1.93. The lowest BCUT2D eigenvalue weighted by atomic mass is 10.0. The fourth-order valence-corrected chi connectivity index (χ4v) is 2.52. The first-order chi connectivity index (χ1) is 9.16. The Morgan fingerprint density at radius 3 is 3.05 bits per heavy atom. The number of aryl methyl sites for hydroxylation is 2. The monoisotopic (exact) mass is 254 g/mol. The van der Waals surface area contributed by atoms with E-state index in [1.54, 1.807) is 12.3 Å². The summed E-state index contributed by atoms with van der Waals surface area (Å²) in [6.45, 7) is 0. The molecule has 96 valence electrons. The standard InChI is InChI=1S/C14H14N4O/c15-13(16)10-7-9-11(18-14(10)19)5-1-3-8-4-2-6-17-12(8)9/h2,4,6-7H,1,3,5H2,(H3,15,16)(H,18,19). The Hall–Kier alpha value is -2.43. The molecule has 0 saturated carbocycles. The number of nitrogen functional groups attached to an aromatic ring is 1. The Morgan fingerprint density at radius 2 is 2.26 bits per heavy atom. The molecule has 0 radical (unpaired) electrons. The highest BCUT2D eigenvalue weighted by Gasteiger charge is 2.18. The van der Waals surface area contributed by atoms with E-state index in [4.69, 9.17) is 11.1 Å². The third-order valence-electron chi connectivity index (χ3n) is 3.43. The van der Waals surface area contributed by atoms with Crippen molar-refractivity contribution in [3.05, 3.63) is 51.6 Å². The number of nitrogens with zero attached hydrogens (tertiary/aromatic N) is 1. The van der Waals surface area contributed by atoms with Gasteiger partial charge in [-0.2, -0.15) is 0 Å². The highest BCUT2D eigenvalue weighted by Crippen LogP contribution is 2.29. The zero-order chi connectivity index (χ0) is 13.4. The Bertz CT molecular complexity index is 718. The lowest BCUT2D eigenvalue weighted by Crippen LogP contribution is -2.24. The number of amidine groups is 1. The highest BCUT2D eigenvalue weighted by molar-refractivity contribution is 5.95. The molecule has 0 amide bonds. The number of fused-ring (bicyclic) bond motifs is 3. The van der Waals surface area contributed by atoms with E-state index in [1.807, 2.05) is 6.07 Å². The lowest BCUT2D eigenvalue weighted by molar-refractivity contribution is 0.810. The number of rotatable bonds is 1. The average Bonchev–Trinajstić information content (AvgIpc) is 2.56. The van der Waals surface area contributed by atoms with Gasteiger partial charge in [-0.1, -0.05) is 6.07 Å². The molecule has 2 aromatic rings. The molecular weight excluding hydrogens is 240 g/mol. The molecule has 0 bridgehead atoms. The highest BCUT2D eigenvalue weighted by atomic mass is 16.1. The second kappa shape index (κ2) is 4.35. The van der Waals surface area contributed by atoms with Gasteiger partial charge in [-0.05, 0) is 37.0 Å². The molecule has 0 aromatic carbocycles. The van der Waals surface area contributed by atoms with Gasteiger partial charge in [0.2, 0.25) is 0 Å². The molecule has 2 heterocycles. The quantitative estimate of drug-likeness (QED) is 0.527. The van der Waals surface area contributed by atoms with Gasteiger partial charge in [-0.3, -0.25) is 15.2 Å². The van der Waals surface area contributed by atoms with Crippen LogP contribution >= 0.6 is 0 Å². The first kappa shape index (κ1) is 11.6. The topological polar surface area (TPSA) is 95.6 Å². The van der Waals surface area contributed by atoms with Crippen LogP contribution in [0, 0.1) is 5.41 Å². The van der Waals surface area contributed by atoms with Crippen LogP contribution in [0.5, 0.6) is 0 Å². The molecule has 5 nitrogen and oxygen atoms in total. The molecule has 2 aromatic heterocycles. The Balaban J connectivity index is 2.31. The Kier molecular flexibility index (Phi) is 2.67. The predicted molar refractivity (Wildman–Crippen MR) is 73.3 cm³/mol. The van der Waals surface area contributed by atoms with Crippen molar-refractivity contribution < 1.29 is 0 Å². The van der Waals surface area contributed by atoms with E-state index in [0.29, 0.717) is 0 Å². The summed E-state index contributed by atoms with van der Waals surface area (Å²) in [7, 11) is 0. The summed E-state index contributed by atoms with van der Waals surface area (Å²) in [4.78, 5) is 19.1. The Labute approximate surface area is 110 Å². The first-order valence-corrected chi connectivity index (χ1v) is 6.21. The lowest BCUT2D eigenvalue weighted by Gasteiger charge is -2.09. The molecule has 0 atom stereocenters. The summed E-state index contributed by atoms with van der Waals surface area (Å²) in [5.41, 5.74) is 9.18. The number of hydrogen-bond donors (Lipinski definition) is 3. The van der Waals surface area contributed by atoms with Gasteiger partial charge >= 0.3 is 0 Å². The maximum atomic E-state index is 11.9. The molecule has 0 unspecified atom stereocenters. The Morgan fingerprint density at radius 1 is 1.42 bits per heavy atom. The SMILES string of the molecule is N=C(N)c1cc2c([nH]c1=O)CCCc1cccnc1-2. The van der Waals surface area contributed by atoms with Crippen LogP contribution in [-0.4, -0.2) is 15.8 Å². The van der Waals surface area contributed by atoms with Gasteiger partial charge < -0.3 is 10.7 Å². The van der Waals surface area contributed by atoms with Crippen LogP contribution in [0.4, 0.5) is 0 Å². The van der Waals surface area contributed by atoms with E-state index < -0.39 is 0 Å². The van der Waals surface area contributed by atoms with Gasteiger partial charge in [0, 0.05) is 17.5 Å². The van der Waals surface area contributed by atoms with Crippen LogP contribution in [0.1, 0.15) is 23.2 Å². The van der Waals surface area contributed by atoms with Crippen molar-refractivity contribution in [3.8, 4) is 11.3 Å². The summed E-state index contributed by atoms with van der Waals surface area (Å²) in [6.07, 6.45) is 4.46. The van der Waals surface area contributed by atoms with Gasteiger partial charge in [-0.25, -0.2) is 0 Å². The minimum Gasteiger partial charge on any atom is -0.384 e. The largest absolute Gasteiger partial charge is 0.384 e. The smallest absolute Gasteiger partial charge is 0.259 e. The minimum absolute atomic E-state index is 0.206. The molecule has 0 fully saturated rings. The second-order valence-electron chi connectivity index (χ2n) is 4.68. The fraction of sp³-hybridized carbons (Fsp3) is 0.214. The molecule has 1 aliphatic rings. The van der Waals surface area contributed by atoms with Crippen molar-refractivity contribution in [2.45, 2.75) is 19.3 Å². The van der Waals surface area contributed by atoms with Gasteiger partial charge in [0.15, 0.2) is 0 Å². The van der Waals surface area contributed by atoms with E-state index in [0.717, 1.165) is 36.2 Å². The second-order valence-corrected chi connectivity index (χ2v) is 4.68. The van der Waals surface area contributed by atoms with E-state index >= 15 is 0 Å². The molecule has 19 heavy (non-hydrogen) atoms. The number of nitrogens with one attached hydrogen (secondary N) is 2. The van der Waals surface area contributed by atoms with Crippen molar-refractivity contribution in [1.29, 1.82) is 5.41 Å². The fourth-order valence-electron chi connectivity index (χ4n) is 2.52. The van der Waals surface area contributed by atoms with Crippen LogP contribution in [0.15, 0.2) is 29.2 Å². The maximum Gasteiger partial charge on any atom is 0.259 e. The number of H-pyrrole nitrogens is 1. The van der Waals surface area contributed by atoms with Gasteiger partial charge in [0.05, 0.1) is 11.3 Å². The molecular formula is C14H14N4O. The third-order valence-corrected chi connectivity index (χ3v) is 3.43. The maximum absolute atomic E-state index is 11.9. The zero-order valence-electron chi connectivity index (χ0n) is 10.4. The molecule has 1 aliphatic carbocycles. The number of aromatic nitrogens is 2. The molecule has 0 aliphatic heterocycles. The van der Waals surface area contributed by atoms with E-state index in [9.17, 15) is 4.79 Å². The number of aromatic amines is 1. The van der Waals surface area contributed by atoms with E-state index in [1.165, 1.54) is 5.56 Å². The van der Waals surface area contributed by atoms with Crippen LogP contribution in [0.2, 0.25) is 0 Å². The molecule has 0 spiro atoms. The number of nitrogens with two attached hydrogens (primary N) is 1. The van der Waals surface area contributed by atoms with Crippen molar-refractivity contribution in [3.63, 3.8) is 0 Å². The van der Waals surface area contributed by atoms with Gasteiger partial charge in [0.1, 0.15) is 5.84 Å². The van der Waals surface area contributed by atoms with Crippen molar-refractivity contribution >= 4 is 5.84 Å². The molecule has 5 heteroatoms. The zero-order valence-corrected chi connectivity index (χ0v) is 10.4. The van der Waals surface area contributed by atoms with Crippen molar-refractivity contribution in [2.24, 2.45) is 5.73 Å². The van der Waals surface area contributed by atoms with Crippen LogP contribution in [0.25, 0.3) is 11.3 Å².